The van der Waals surface area contributed by atoms with Crippen LogP contribution in [0, 0.1) is 6.08 Å². The van der Waals surface area contributed by atoms with Crippen molar-refractivity contribution in [1.29, 1.82) is 0 Å². The second-order valence-electron chi connectivity index (χ2n) is 4.46. The zero-order chi connectivity index (χ0) is 12.7. The molecule has 0 amide bonds. The van der Waals surface area contributed by atoms with Crippen molar-refractivity contribution < 1.29 is 0 Å². The minimum atomic E-state index is 0.653. The second-order valence-corrected chi connectivity index (χ2v) is 4.46. The molecule has 2 aromatic rings. The Hall–Kier alpha value is -2.45. The highest BCUT2D eigenvalue weighted by atomic mass is 15.1. The van der Waals surface area contributed by atoms with Crippen molar-refractivity contribution in [1.82, 2.24) is 9.97 Å². The summed E-state index contributed by atoms with van der Waals surface area (Å²) in [5.41, 5.74) is 10.8. The van der Waals surface area contributed by atoms with Gasteiger partial charge in [-0.3, -0.25) is 0 Å². The van der Waals surface area contributed by atoms with Crippen molar-refractivity contribution >= 4 is 22.8 Å². The topological polar surface area (TPSA) is 55.0 Å². The first-order chi connectivity index (χ1) is 8.63. The Labute approximate surface area is 105 Å². The van der Waals surface area contributed by atoms with E-state index in [1.165, 1.54) is 0 Å². The molecule has 4 heteroatoms. The lowest BCUT2D eigenvalue weighted by Gasteiger charge is -2.12. The summed E-state index contributed by atoms with van der Waals surface area (Å²) in [6.07, 6.45) is 6.58. The molecule has 0 saturated carbocycles. The second kappa shape index (κ2) is 3.79. The third kappa shape index (κ3) is 1.69. The van der Waals surface area contributed by atoms with Gasteiger partial charge in [-0.1, -0.05) is 0 Å². The Balaban J connectivity index is 2.23. The molecular formula is C14H13N4+. The van der Waals surface area contributed by atoms with E-state index < -0.39 is 0 Å². The maximum absolute atomic E-state index is 5.74. The Bertz CT molecular complexity index is 683. The highest BCUT2D eigenvalue weighted by Crippen LogP contribution is 2.22. The lowest BCUT2D eigenvalue weighted by molar-refractivity contribution is 1.13. The van der Waals surface area contributed by atoms with Crippen molar-refractivity contribution in [2.45, 2.75) is 0 Å². The van der Waals surface area contributed by atoms with Gasteiger partial charge in [0.1, 0.15) is 23.4 Å². The molecule has 1 heterocycles. The summed E-state index contributed by atoms with van der Waals surface area (Å²) < 4.78 is 0. The van der Waals surface area contributed by atoms with E-state index in [-0.39, 0.29) is 0 Å². The van der Waals surface area contributed by atoms with Crippen molar-refractivity contribution in [3.05, 3.63) is 47.4 Å². The summed E-state index contributed by atoms with van der Waals surface area (Å²) in [5.74, 6) is 0. The highest BCUT2D eigenvalue weighted by Gasteiger charge is 2.18. The molecule has 0 radical (unpaired) electrons. The highest BCUT2D eigenvalue weighted by molar-refractivity contribution is 5.80. The summed E-state index contributed by atoms with van der Waals surface area (Å²) in [6.45, 7) is 0. The van der Waals surface area contributed by atoms with Gasteiger partial charge in [-0.25, -0.2) is 4.98 Å². The fourth-order valence-corrected chi connectivity index (χ4v) is 1.89. The van der Waals surface area contributed by atoms with Crippen LogP contribution in [0.5, 0.6) is 0 Å². The first kappa shape index (κ1) is 10.7. The Morgan fingerprint density at radius 2 is 2.00 bits per heavy atom. The van der Waals surface area contributed by atoms with E-state index >= 15 is 0 Å². The average molecular weight is 237 g/mol. The van der Waals surface area contributed by atoms with Crippen LogP contribution >= 0.6 is 0 Å². The van der Waals surface area contributed by atoms with E-state index in [0.717, 1.165) is 28.1 Å². The minimum absolute atomic E-state index is 0.653. The summed E-state index contributed by atoms with van der Waals surface area (Å²) in [6, 6.07) is 6.02. The van der Waals surface area contributed by atoms with Gasteiger partial charge in [0, 0.05) is 19.8 Å². The van der Waals surface area contributed by atoms with Crippen LogP contribution in [0.25, 0.3) is 17.1 Å². The molecule has 88 valence electrons. The van der Waals surface area contributed by atoms with E-state index in [0.29, 0.717) is 5.70 Å². The zero-order valence-corrected chi connectivity index (χ0v) is 10.3. The van der Waals surface area contributed by atoms with Crippen LogP contribution in [0.3, 0.4) is 0 Å². The van der Waals surface area contributed by atoms with Crippen molar-refractivity contribution in [2.24, 2.45) is 5.73 Å². The number of nitrogens with zero attached hydrogens (tertiary/aromatic N) is 3. The van der Waals surface area contributed by atoms with Gasteiger partial charge >= 0.3 is 0 Å². The Morgan fingerprint density at radius 1 is 1.17 bits per heavy atom. The number of nitrogens with two attached hydrogens (primary N) is 1. The minimum Gasteiger partial charge on any atom is -0.378 e. The summed E-state index contributed by atoms with van der Waals surface area (Å²) in [7, 11) is 4.00. The quantitative estimate of drug-likeness (QED) is 0.767. The number of hydrogen-bond donors (Lipinski definition) is 1. The average Bonchev–Trinajstić information content (AvgIpc) is 2.35. The van der Waals surface area contributed by atoms with Gasteiger partial charge in [-0.15, -0.1) is 0 Å². The molecule has 0 aliphatic heterocycles. The molecule has 0 spiro atoms. The van der Waals surface area contributed by atoms with Gasteiger partial charge in [0.15, 0.2) is 0 Å². The molecule has 0 fully saturated rings. The molecule has 0 saturated heterocycles. The first-order valence-corrected chi connectivity index (χ1v) is 5.69. The summed E-state index contributed by atoms with van der Waals surface area (Å²) in [4.78, 5) is 11.1. The molecule has 1 aromatic carbocycles. The standard InChI is InChI=1S/C14H13N4/c1-18(2)10-4-6-12-14(8-10)17-13-7-9(15)3-5-11(13)16-12/h3-4,6-8H,15H2,1-2H3/q+1. The van der Waals surface area contributed by atoms with Crippen LogP contribution in [0.1, 0.15) is 11.4 Å². The number of anilines is 1. The predicted octanol–water partition coefficient (Wildman–Crippen LogP) is 1.72. The Kier molecular flexibility index (Phi) is 2.25. The van der Waals surface area contributed by atoms with Crippen molar-refractivity contribution in [3.63, 3.8) is 0 Å². The molecule has 1 aliphatic carbocycles. The fraction of sp³-hybridized carbons (Fsp3) is 0.143. The monoisotopic (exact) mass is 237 g/mol. The fourth-order valence-electron chi connectivity index (χ4n) is 1.89. The molecule has 3 rings (SSSR count). The molecule has 1 aromatic heterocycles. The normalized spacial score (nSPS) is 12.9. The van der Waals surface area contributed by atoms with Crippen molar-refractivity contribution in [3.8, 4) is 0 Å². The number of benzene rings is 1. The molecule has 2 N–H and O–H groups in total. The number of allylic oxidation sites excluding steroid dienone is 1. The number of aromatic nitrogens is 2. The van der Waals surface area contributed by atoms with Gasteiger partial charge in [0.2, 0.25) is 5.69 Å². The van der Waals surface area contributed by atoms with Gasteiger partial charge in [0.05, 0.1) is 11.6 Å². The number of rotatable bonds is 1. The summed E-state index contributed by atoms with van der Waals surface area (Å²) >= 11 is 0. The van der Waals surface area contributed by atoms with Gasteiger partial charge in [0.25, 0.3) is 5.69 Å². The van der Waals surface area contributed by atoms with Crippen LogP contribution in [-0.4, -0.2) is 24.1 Å². The van der Waals surface area contributed by atoms with Gasteiger partial charge in [-0.2, -0.15) is 4.98 Å². The van der Waals surface area contributed by atoms with E-state index in [1.807, 2.05) is 43.3 Å². The SMILES string of the molecule is CN(C)c1ccc2nc3c(nc2c1)C=C(N)C=[C+]3. The van der Waals surface area contributed by atoms with Crippen LogP contribution in [0.15, 0.2) is 30.0 Å². The number of hydrogen-bond acceptors (Lipinski definition) is 4. The smallest absolute Gasteiger partial charge is 0.256 e. The lowest BCUT2D eigenvalue weighted by atomic mass is 10.1. The predicted molar refractivity (Wildman–Crippen MR) is 72.9 cm³/mol. The van der Waals surface area contributed by atoms with Crippen LogP contribution in [-0.2, 0) is 0 Å². The molecule has 1 aliphatic rings. The maximum Gasteiger partial charge on any atom is 0.256 e. The summed E-state index contributed by atoms with van der Waals surface area (Å²) in [5, 5.41) is 0. The molecular weight excluding hydrogens is 224 g/mol. The van der Waals surface area contributed by atoms with E-state index in [1.54, 1.807) is 6.08 Å². The molecule has 0 unspecified atom stereocenters. The lowest BCUT2D eigenvalue weighted by Crippen LogP contribution is -2.09. The largest absolute Gasteiger partial charge is 0.378 e. The van der Waals surface area contributed by atoms with Crippen molar-refractivity contribution in [2.75, 3.05) is 19.0 Å². The molecule has 0 atom stereocenters. The third-order valence-electron chi connectivity index (χ3n) is 2.87. The molecule has 4 nitrogen and oxygen atoms in total. The molecule has 18 heavy (non-hydrogen) atoms. The maximum atomic E-state index is 5.74. The third-order valence-corrected chi connectivity index (χ3v) is 2.87. The van der Waals surface area contributed by atoms with E-state index in [4.69, 9.17) is 5.73 Å². The first-order valence-electron chi connectivity index (χ1n) is 5.69. The van der Waals surface area contributed by atoms with Crippen LogP contribution in [0.4, 0.5) is 5.69 Å². The van der Waals surface area contributed by atoms with Gasteiger partial charge < -0.3 is 10.6 Å². The molecule has 0 bridgehead atoms. The van der Waals surface area contributed by atoms with Crippen LogP contribution < -0.4 is 10.6 Å². The Morgan fingerprint density at radius 3 is 2.78 bits per heavy atom. The van der Waals surface area contributed by atoms with E-state index in [2.05, 4.69) is 16.0 Å². The van der Waals surface area contributed by atoms with E-state index in [9.17, 15) is 0 Å². The van der Waals surface area contributed by atoms with Gasteiger partial charge in [-0.05, 0) is 18.2 Å². The zero-order valence-electron chi connectivity index (χ0n) is 10.3. The van der Waals surface area contributed by atoms with Crippen LogP contribution in [0.2, 0.25) is 0 Å². The number of fused-ring (bicyclic) bond motifs is 2.